The number of nitrogens with one attached hydrogen (secondary N) is 1. The first kappa shape index (κ1) is 20.8. The Hall–Kier alpha value is -1.88. The molecule has 1 heterocycles. The Morgan fingerprint density at radius 1 is 1.25 bits per heavy atom. The minimum Gasteiger partial charge on any atom is -0.349 e. The molecule has 0 spiro atoms. The average Bonchev–Trinajstić information content (AvgIpc) is 2.97. The van der Waals surface area contributed by atoms with Gasteiger partial charge in [0.25, 0.3) is 5.91 Å². The summed E-state index contributed by atoms with van der Waals surface area (Å²) in [7, 11) is 0. The second kappa shape index (κ2) is 8.24. The van der Waals surface area contributed by atoms with Crippen molar-refractivity contribution >= 4 is 17.5 Å². The molecule has 1 amide bonds. The molecular formula is C22H29ClFN3O. The largest absolute Gasteiger partial charge is 0.349 e. The maximum atomic E-state index is 13.2. The first-order valence-corrected chi connectivity index (χ1v) is 10.4. The summed E-state index contributed by atoms with van der Waals surface area (Å²) in [5, 5.41) is 7.78. The molecule has 1 aliphatic rings. The maximum Gasteiger partial charge on any atom is 0.256 e. The van der Waals surface area contributed by atoms with Crippen molar-refractivity contribution in [2.24, 2.45) is 11.3 Å². The van der Waals surface area contributed by atoms with Crippen LogP contribution in [0.2, 0.25) is 5.15 Å². The van der Waals surface area contributed by atoms with E-state index < -0.39 is 0 Å². The van der Waals surface area contributed by atoms with Crippen molar-refractivity contribution in [3.05, 3.63) is 46.5 Å². The number of nitrogens with zero attached hydrogens (tertiary/aromatic N) is 2. The molecule has 4 nitrogen and oxygen atoms in total. The number of aromatic nitrogens is 2. The van der Waals surface area contributed by atoms with E-state index in [0.717, 1.165) is 25.7 Å². The third-order valence-electron chi connectivity index (χ3n) is 6.38. The van der Waals surface area contributed by atoms with Crippen LogP contribution in [0.3, 0.4) is 0 Å². The van der Waals surface area contributed by atoms with E-state index in [4.69, 9.17) is 11.6 Å². The Kier molecular flexibility index (Phi) is 6.13. The zero-order valence-corrected chi connectivity index (χ0v) is 17.8. The van der Waals surface area contributed by atoms with Crippen molar-refractivity contribution in [1.82, 2.24) is 15.1 Å². The highest BCUT2D eigenvalue weighted by Gasteiger charge is 2.33. The Morgan fingerprint density at radius 2 is 1.86 bits per heavy atom. The quantitative estimate of drug-likeness (QED) is 0.693. The van der Waals surface area contributed by atoms with E-state index >= 15 is 0 Å². The number of carbonyl (C=O) groups excluding carboxylic acids is 1. The Labute approximate surface area is 171 Å². The van der Waals surface area contributed by atoms with Crippen molar-refractivity contribution in [3.63, 3.8) is 0 Å². The molecule has 6 heteroatoms. The van der Waals surface area contributed by atoms with Crippen LogP contribution in [-0.4, -0.2) is 21.7 Å². The second-order valence-electron chi connectivity index (χ2n) is 8.50. The number of benzene rings is 1. The highest BCUT2D eigenvalue weighted by Crippen LogP contribution is 2.40. The predicted octanol–water partition coefficient (Wildman–Crippen LogP) is 5.70. The highest BCUT2D eigenvalue weighted by molar-refractivity contribution is 6.33. The zero-order chi connectivity index (χ0) is 20.5. The van der Waals surface area contributed by atoms with Gasteiger partial charge in [-0.25, -0.2) is 9.07 Å². The fraction of sp³-hybridized carbons (Fsp3) is 0.545. The molecular weight excluding hydrogens is 377 g/mol. The minimum absolute atomic E-state index is 0.168. The summed E-state index contributed by atoms with van der Waals surface area (Å²) in [6.07, 6.45) is 5.41. The third kappa shape index (κ3) is 4.24. The van der Waals surface area contributed by atoms with Gasteiger partial charge in [0.2, 0.25) is 0 Å². The summed E-state index contributed by atoms with van der Waals surface area (Å²) in [5.74, 6) is 0.190. The zero-order valence-electron chi connectivity index (χ0n) is 17.1. The number of amides is 1. The van der Waals surface area contributed by atoms with Gasteiger partial charge in [-0.3, -0.25) is 4.79 Å². The van der Waals surface area contributed by atoms with Gasteiger partial charge >= 0.3 is 0 Å². The summed E-state index contributed by atoms with van der Waals surface area (Å²) in [6, 6.07) is 6.04. The molecule has 1 aromatic carbocycles. The predicted molar refractivity (Wildman–Crippen MR) is 111 cm³/mol. The van der Waals surface area contributed by atoms with Gasteiger partial charge < -0.3 is 5.32 Å². The molecule has 1 N–H and O–H groups in total. The van der Waals surface area contributed by atoms with E-state index in [9.17, 15) is 9.18 Å². The molecule has 0 aliphatic heterocycles. The van der Waals surface area contributed by atoms with Crippen molar-refractivity contribution in [1.29, 1.82) is 0 Å². The van der Waals surface area contributed by atoms with Crippen LogP contribution in [0, 0.1) is 24.1 Å². The summed E-state index contributed by atoms with van der Waals surface area (Å²) in [5.41, 5.74) is 1.93. The van der Waals surface area contributed by atoms with Crippen molar-refractivity contribution in [2.75, 3.05) is 0 Å². The Bertz CT molecular complexity index is 836. The van der Waals surface area contributed by atoms with Crippen LogP contribution >= 0.6 is 11.6 Å². The molecule has 3 rings (SSSR count). The smallest absolute Gasteiger partial charge is 0.256 e. The van der Waals surface area contributed by atoms with Crippen LogP contribution in [0.15, 0.2) is 24.3 Å². The van der Waals surface area contributed by atoms with E-state index in [2.05, 4.69) is 31.2 Å². The Morgan fingerprint density at radius 3 is 2.43 bits per heavy atom. The van der Waals surface area contributed by atoms with Crippen LogP contribution in [-0.2, 0) is 0 Å². The fourth-order valence-electron chi connectivity index (χ4n) is 4.08. The SMILES string of the molecule is CCC(C)(C)C1CCC(NC(=O)c2c(C)nn(-c3ccc(F)cc3)c2Cl)CC1. The van der Waals surface area contributed by atoms with Crippen molar-refractivity contribution < 1.29 is 9.18 Å². The van der Waals surface area contributed by atoms with Crippen LogP contribution in [0.25, 0.3) is 5.69 Å². The lowest BCUT2D eigenvalue weighted by atomic mass is 9.69. The molecule has 0 atom stereocenters. The van der Waals surface area contributed by atoms with E-state index in [0.29, 0.717) is 28.3 Å². The topological polar surface area (TPSA) is 46.9 Å². The first-order valence-electron chi connectivity index (χ1n) is 10.0. The van der Waals surface area contributed by atoms with Crippen LogP contribution in [0.1, 0.15) is 68.9 Å². The summed E-state index contributed by atoms with van der Waals surface area (Å²) < 4.78 is 14.7. The van der Waals surface area contributed by atoms with Crippen molar-refractivity contribution in [2.45, 2.75) is 65.8 Å². The maximum absolute atomic E-state index is 13.2. The Balaban J connectivity index is 1.70. The van der Waals surface area contributed by atoms with Gasteiger partial charge in [0.05, 0.1) is 16.9 Å². The van der Waals surface area contributed by atoms with Gasteiger partial charge in [-0.1, -0.05) is 38.8 Å². The molecule has 28 heavy (non-hydrogen) atoms. The molecule has 1 saturated carbocycles. The molecule has 1 fully saturated rings. The summed E-state index contributed by atoms with van der Waals surface area (Å²) in [4.78, 5) is 12.9. The van der Waals surface area contributed by atoms with E-state index in [1.807, 2.05) is 0 Å². The summed E-state index contributed by atoms with van der Waals surface area (Å²) >= 11 is 6.46. The van der Waals surface area contributed by atoms with Crippen LogP contribution < -0.4 is 5.32 Å². The third-order valence-corrected chi connectivity index (χ3v) is 6.73. The minimum atomic E-state index is -0.330. The molecule has 2 aromatic rings. The highest BCUT2D eigenvalue weighted by atomic mass is 35.5. The fourth-order valence-corrected chi connectivity index (χ4v) is 4.43. The van der Waals surface area contributed by atoms with Crippen molar-refractivity contribution in [3.8, 4) is 5.69 Å². The number of carbonyl (C=O) groups is 1. The number of aryl methyl sites for hydroxylation is 1. The first-order chi connectivity index (χ1) is 13.2. The molecule has 1 aromatic heterocycles. The molecule has 1 aliphatic carbocycles. The molecule has 0 unspecified atom stereocenters. The number of rotatable bonds is 5. The van der Waals surface area contributed by atoms with Crippen LogP contribution in [0.5, 0.6) is 0 Å². The van der Waals surface area contributed by atoms with Gasteiger partial charge in [0.1, 0.15) is 11.0 Å². The van der Waals surface area contributed by atoms with Gasteiger partial charge in [-0.05, 0) is 68.2 Å². The number of halogens is 2. The van der Waals surface area contributed by atoms with Crippen LogP contribution in [0.4, 0.5) is 4.39 Å². The standard InChI is InChI=1S/C22H29ClFN3O/c1-5-22(3,4)15-6-10-17(11-7-15)25-21(28)19-14(2)26-27(20(19)23)18-12-8-16(24)9-13-18/h8-9,12-13,15,17H,5-7,10-11H2,1-4H3,(H,25,28). The lowest BCUT2D eigenvalue weighted by Gasteiger charge is -2.39. The monoisotopic (exact) mass is 405 g/mol. The molecule has 0 bridgehead atoms. The second-order valence-corrected chi connectivity index (χ2v) is 8.86. The normalized spacial score (nSPS) is 20.2. The lowest BCUT2D eigenvalue weighted by molar-refractivity contribution is 0.0893. The van der Waals surface area contributed by atoms with E-state index in [-0.39, 0.29) is 22.9 Å². The van der Waals surface area contributed by atoms with E-state index in [1.54, 1.807) is 19.1 Å². The lowest BCUT2D eigenvalue weighted by Crippen LogP contribution is -2.40. The molecule has 0 radical (unpaired) electrons. The molecule has 152 valence electrons. The van der Waals surface area contributed by atoms with Gasteiger partial charge in [-0.15, -0.1) is 0 Å². The van der Waals surface area contributed by atoms with Gasteiger partial charge in [0.15, 0.2) is 0 Å². The molecule has 0 saturated heterocycles. The number of hydrogen-bond donors (Lipinski definition) is 1. The van der Waals surface area contributed by atoms with E-state index in [1.165, 1.54) is 23.2 Å². The van der Waals surface area contributed by atoms with Gasteiger partial charge in [0, 0.05) is 6.04 Å². The van der Waals surface area contributed by atoms with Gasteiger partial charge in [-0.2, -0.15) is 5.10 Å². The number of hydrogen-bond acceptors (Lipinski definition) is 2. The summed E-state index contributed by atoms with van der Waals surface area (Å²) in [6.45, 7) is 8.69. The average molecular weight is 406 g/mol.